The van der Waals surface area contributed by atoms with Gasteiger partial charge in [-0.25, -0.2) is 0 Å². The third kappa shape index (κ3) is 7.69. The second-order valence-electron chi connectivity index (χ2n) is 6.74. The van der Waals surface area contributed by atoms with Crippen molar-refractivity contribution < 1.29 is 14.0 Å². The summed E-state index contributed by atoms with van der Waals surface area (Å²) >= 11 is 0. The van der Waals surface area contributed by atoms with Crippen LogP contribution in [-0.4, -0.2) is 29.8 Å². The lowest BCUT2D eigenvalue weighted by Crippen LogP contribution is -2.34. The lowest BCUT2D eigenvalue weighted by atomic mass is 10.1. The van der Waals surface area contributed by atoms with Gasteiger partial charge in [0.1, 0.15) is 6.26 Å². The van der Waals surface area contributed by atoms with Crippen LogP contribution in [-0.2, 0) is 4.79 Å². The van der Waals surface area contributed by atoms with Gasteiger partial charge in [0, 0.05) is 25.2 Å². The third-order valence-electron chi connectivity index (χ3n) is 4.50. The lowest BCUT2D eigenvalue weighted by molar-refractivity contribution is -0.116. The molecule has 1 heterocycles. The molecule has 5 nitrogen and oxygen atoms in total. The minimum atomic E-state index is -0.0888. The average Bonchev–Trinajstić information content (AvgIpc) is 3.22. The van der Waals surface area contributed by atoms with Crippen molar-refractivity contribution >= 4 is 17.5 Å². The fourth-order valence-corrected chi connectivity index (χ4v) is 2.95. The Kier molecular flexibility index (Phi) is 9.18. The highest BCUT2D eigenvalue weighted by Gasteiger charge is 2.17. The van der Waals surface area contributed by atoms with Gasteiger partial charge in [-0.3, -0.25) is 9.59 Å². The SMILES string of the molecule is CCCCCCCCN(CCC(=O)Nc1ccccc1)C(=O)c1ccoc1. The predicted octanol–water partition coefficient (Wildman–Crippen LogP) is 5.11. The van der Waals surface area contributed by atoms with Crippen molar-refractivity contribution in [2.24, 2.45) is 0 Å². The highest BCUT2D eigenvalue weighted by Crippen LogP contribution is 2.11. The summed E-state index contributed by atoms with van der Waals surface area (Å²) in [6.45, 7) is 3.26. The fourth-order valence-electron chi connectivity index (χ4n) is 2.95. The van der Waals surface area contributed by atoms with Crippen LogP contribution in [0.1, 0.15) is 62.2 Å². The van der Waals surface area contributed by atoms with E-state index in [4.69, 9.17) is 4.42 Å². The van der Waals surface area contributed by atoms with Gasteiger partial charge in [0.15, 0.2) is 0 Å². The van der Waals surface area contributed by atoms with Crippen LogP contribution in [0.15, 0.2) is 53.3 Å². The Bertz CT molecular complexity index is 668. The van der Waals surface area contributed by atoms with Crippen molar-refractivity contribution in [3.05, 3.63) is 54.5 Å². The molecule has 0 aliphatic rings. The summed E-state index contributed by atoms with van der Waals surface area (Å²) in [5.41, 5.74) is 1.30. The first-order chi connectivity index (χ1) is 13.2. The molecule has 0 aliphatic heterocycles. The highest BCUT2D eigenvalue weighted by atomic mass is 16.3. The van der Waals surface area contributed by atoms with E-state index < -0.39 is 0 Å². The van der Waals surface area contributed by atoms with Gasteiger partial charge >= 0.3 is 0 Å². The van der Waals surface area contributed by atoms with Crippen LogP contribution in [0.3, 0.4) is 0 Å². The second kappa shape index (κ2) is 11.9. The van der Waals surface area contributed by atoms with Gasteiger partial charge in [-0.05, 0) is 24.6 Å². The van der Waals surface area contributed by atoms with Crippen LogP contribution in [0, 0.1) is 0 Å². The van der Waals surface area contributed by atoms with Gasteiger partial charge in [-0.1, -0.05) is 57.2 Å². The molecule has 2 amide bonds. The molecular formula is C22H30N2O3. The standard InChI is InChI=1S/C22H30N2O3/c1-2-3-4-5-6-10-15-24(22(26)19-14-17-27-18-19)16-13-21(25)23-20-11-8-7-9-12-20/h7-9,11-12,14,17-18H,2-6,10,13,15-16H2,1H3,(H,23,25). The molecule has 0 atom stereocenters. The van der Waals surface area contributed by atoms with E-state index in [9.17, 15) is 9.59 Å². The normalized spacial score (nSPS) is 10.6. The van der Waals surface area contributed by atoms with E-state index in [-0.39, 0.29) is 18.2 Å². The Morgan fingerprint density at radius 2 is 1.70 bits per heavy atom. The topological polar surface area (TPSA) is 62.6 Å². The maximum Gasteiger partial charge on any atom is 0.257 e. The number of rotatable bonds is 12. The largest absolute Gasteiger partial charge is 0.472 e. The van der Waals surface area contributed by atoms with Crippen LogP contribution in [0.25, 0.3) is 0 Å². The number of anilines is 1. The molecule has 5 heteroatoms. The zero-order chi connectivity index (χ0) is 19.3. The number of para-hydroxylation sites is 1. The van der Waals surface area contributed by atoms with E-state index in [1.54, 1.807) is 11.0 Å². The van der Waals surface area contributed by atoms with E-state index >= 15 is 0 Å². The lowest BCUT2D eigenvalue weighted by Gasteiger charge is -2.22. The average molecular weight is 370 g/mol. The van der Waals surface area contributed by atoms with E-state index in [2.05, 4.69) is 12.2 Å². The quantitative estimate of drug-likeness (QED) is 0.528. The highest BCUT2D eigenvalue weighted by molar-refractivity contribution is 5.95. The molecule has 1 N–H and O–H groups in total. The van der Waals surface area contributed by atoms with Crippen LogP contribution < -0.4 is 5.32 Å². The number of benzene rings is 1. The van der Waals surface area contributed by atoms with E-state index in [1.165, 1.54) is 38.2 Å². The minimum Gasteiger partial charge on any atom is -0.472 e. The van der Waals surface area contributed by atoms with Crippen LogP contribution in [0.4, 0.5) is 5.69 Å². The number of hydrogen-bond acceptors (Lipinski definition) is 3. The van der Waals surface area contributed by atoms with Gasteiger partial charge in [0.25, 0.3) is 5.91 Å². The molecule has 146 valence electrons. The first-order valence-corrected chi connectivity index (χ1v) is 9.87. The Balaban J connectivity index is 1.83. The van der Waals surface area contributed by atoms with Crippen molar-refractivity contribution in [1.82, 2.24) is 4.90 Å². The molecule has 0 radical (unpaired) electrons. The Morgan fingerprint density at radius 3 is 2.41 bits per heavy atom. The summed E-state index contributed by atoms with van der Waals surface area (Å²) < 4.78 is 5.03. The molecule has 1 aromatic heterocycles. The van der Waals surface area contributed by atoms with Crippen molar-refractivity contribution in [2.75, 3.05) is 18.4 Å². The number of furan rings is 1. The molecule has 0 unspecified atom stereocenters. The smallest absolute Gasteiger partial charge is 0.257 e. The van der Waals surface area contributed by atoms with Gasteiger partial charge in [-0.2, -0.15) is 0 Å². The maximum atomic E-state index is 12.7. The fraction of sp³-hybridized carbons (Fsp3) is 0.455. The van der Waals surface area contributed by atoms with Crippen molar-refractivity contribution in [2.45, 2.75) is 51.9 Å². The summed E-state index contributed by atoms with van der Waals surface area (Å²) in [6, 6.07) is 11.0. The van der Waals surface area contributed by atoms with Gasteiger partial charge in [0.2, 0.25) is 5.91 Å². The van der Waals surface area contributed by atoms with Crippen LogP contribution in [0.5, 0.6) is 0 Å². The Morgan fingerprint density at radius 1 is 0.963 bits per heavy atom. The van der Waals surface area contributed by atoms with Crippen LogP contribution in [0.2, 0.25) is 0 Å². The summed E-state index contributed by atoms with van der Waals surface area (Å²) in [4.78, 5) is 26.6. The summed E-state index contributed by atoms with van der Waals surface area (Å²) in [7, 11) is 0. The number of nitrogens with zero attached hydrogens (tertiary/aromatic N) is 1. The van der Waals surface area contributed by atoms with E-state index in [0.29, 0.717) is 18.7 Å². The van der Waals surface area contributed by atoms with Gasteiger partial charge < -0.3 is 14.6 Å². The van der Waals surface area contributed by atoms with E-state index in [1.807, 2.05) is 30.3 Å². The third-order valence-corrected chi connectivity index (χ3v) is 4.50. The van der Waals surface area contributed by atoms with Crippen molar-refractivity contribution in [3.63, 3.8) is 0 Å². The molecule has 0 saturated heterocycles. The number of hydrogen-bond donors (Lipinski definition) is 1. The minimum absolute atomic E-state index is 0.0789. The molecule has 0 aliphatic carbocycles. The monoisotopic (exact) mass is 370 g/mol. The van der Waals surface area contributed by atoms with E-state index in [0.717, 1.165) is 18.5 Å². The molecule has 0 bridgehead atoms. The van der Waals surface area contributed by atoms with Gasteiger partial charge in [0.05, 0.1) is 11.8 Å². The second-order valence-corrected chi connectivity index (χ2v) is 6.74. The number of unbranched alkanes of at least 4 members (excludes halogenated alkanes) is 5. The van der Waals surface area contributed by atoms with Gasteiger partial charge in [-0.15, -0.1) is 0 Å². The maximum absolute atomic E-state index is 12.7. The zero-order valence-electron chi connectivity index (χ0n) is 16.2. The molecule has 2 rings (SSSR count). The molecule has 1 aromatic carbocycles. The Hall–Kier alpha value is -2.56. The number of amides is 2. The molecule has 0 saturated carbocycles. The zero-order valence-corrected chi connectivity index (χ0v) is 16.2. The number of nitrogens with one attached hydrogen (secondary N) is 1. The predicted molar refractivity (Wildman–Crippen MR) is 108 cm³/mol. The summed E-state index contributed by atoms with van der Waals surface area (Å²) in [5.74, 6) is -0.168. The Labute approximate surface area is 161 Å². The van der Waals surface area contributed by atoms with Crippen LogP contribution >= 0.6 is 0 Å². The first kappa shape index (κ1) is 20.7. The molecule has 27 heavy (non-hydrogen) atoms. The van der Waals surface area contributed by atoms with Crippen molar-refractivity contribution in [3.8, 4) is 0 Å². The number of carbonyl (C=O) groups excluding carboxylic acids is 2. The molecule has 2 aromatic rings. The summed E-state index contributed by atoms with van der Waals surface area (Å²) in [6.07, 6.45) is 10.2. The number of carbonyl (C=O) groups is 2. The van der Waals surface area contributed by atoms with Crippen molar-refractivity contribution in [1.29, 1.82) is 0 Å². The molecule has 0 fully saturated rings. The first-order valence-electron chi connectivity index (χ1n) is 9.87. The molecular weight excluding hydrogens is 340 g/mol. The summed E-state index contributed by atoms with van der Waals surface area (Å²) in [5, 5.41) is 2.87. The molecule has 0 spiro atoms.